The predicted molar refractivity (Wildman–Crippen MR) is 461 cm³/mol. The number of aromatic nitrogens is 25. The third-order valence-corrected chi connectivity index (χ3v) is 22.0. The molecule has 28 heteroatoms. The molecule has 0 bridgehead atoms. The Morgan fingerprint density at radius 1 is 0.305 bits per heavy atom. The van der Waals surface area contributed by atoms with E-state index in [1.165, 1.54) is 155 Å². The molecule has 9 aliphatic rings. The Morgan fingerprint density at radius 3 is 1.06 bits per heavy atom. The minimum Gasteiger partial charge on any atom is -0.364 e. The van der Waals surface area contributed by atoms with Crippen LogP contribution in [0.3, 0.4) is 0 Å². The molecule has 0 spiro atoms. The van der Waals surface area contributed by atoms with Crippen LogP contribution < -0.4 is 0 Å². The summed E-state index contributed by atoms with van der Waals surface area (Å²) in [4.78, 5) is 8.34. The number of hydrogen-bond acceptors (Lipinski definition) is 20. The molecule has 9 saturated carbocycles. The molecule has 9 aliphatic carbocycles. The summed E-state index contributed by atoms with van der Waals surface area (Å²) in [6.07, 6.45) is 50.0. The second kappa shape index (κ2) is 43.2. The molecule has 646 valence electrons. The van der Waals surface area contributed by atoms with Crippen LogP contribution in [0.5, 0.6) is 0 Å². The van der Waals surface area contributed by atoms with Crippen molar-refractivity contribution in [1.82, 2.24) is 124 Å². The highest BCUT2D eigenvalue weighted by Gasteiger charge is 2.35. The molecule has 0 saturated heterocycles. The first-order chi connectivity index (χ1) is 56.5. The van der Waals surface area contributed by atoms with Crippen LogP contribution in [0.2, 0.25) is 0 Å². The van der Waals surface area contributed by atoms with Crippen LogP contribution in [0.15, 0.2) is 101 Å². The van der Waals surface area contributed by atoms with Crippen LogP contribution in [0.25, 0.3) is 0 Å². The van der Waals surface area contributed by atoms with Crippen LogP contribution in [-0.4, -0.2) is 124 Å². The second-order valence-corrected chi connectivity index (χ2v) is 37.2. The maximum absolute atomic E-state index is 5.18. The van der Waals surface area contributed by atoms with Gasteiger partial charge in [0.05, 0.1) is 54.0 Å². The first-order valence-corrected chi connectivity index (χ1v) is 44.7. The molecular formula is C90H143N25O3. The Kier molecular flexibility index (Phi) is 33.4. The lowest BCUT2D eigenvalue weighted by Crippen LogP contribution is -2.06. The minimum absolute atomic E-state index is 0.452. The maximum Gasteiger partial charge on any atom is 0.142 e. The maximum atomic E-state index is 5.18. The van der Waals surface area contributed by atoms with Gasteiger partial charge in [-0.25, -0.2) is 19.3 Å². The number of imidazole rings is 2. The van der Waals surface area contributed by atoms with E-state index in [1.54, 1.807) is 19.0 Å². The first-order valence-electron chi connectivity index (χ1n) is 44.7. The van der Waals surface area contributed by atoms with E-state index in [1.807, 2.05) is 82.8 Å². The van der Waals surface area contributed by atoms with Crippen molar-refractivity contribution in [1.29, 1.82) is 0 Å². The molecule has 11 aromatic rings. The minimum atomic E-state index is 0.452. The van der Waals surface area contributed by atoms with Gasteiger partial charge in [-0.3, -0.25) is 0 Å². The molecule has 118 heavy (non-hydrogen) atoms. The molecule has 28 nitrogen and oxygen atoms in total. The smallest absolute Gasteiger partial charge is 0.142 e. The largest absolute Gasteiger partial charge is 0.364 e. The summed E-state index contributed by atoms with van der Waals surface area (Å²) >= 11 is 0. The fourth-order valence-electron chi connectivity index (χ4n) is 13.8. The van der Waals surface area contributed by atoms with Crippen molar-refractivity contribution < 1.29 is 13.6 Å². The highest BCUT2D eigenvalue weighted by molar-refractivity contribution is 5.28. The Bertz CT molecular complexity index is 3540. The quantitative estimate of drug-likeness (QED) is 0.0645. The first kappa shape index (κ1) is 91.2. The molecule has 0 aliphatic heterocycles. The summed E-state index contributed by atoms with van der Waals surface area (Å²) in [7, 11) is 0. The summed E-state index contributed by atoms with van der Waals surface area (Å²) in [5, 5.41) is 59.0. The van der Waals surface area contributed by atoms with Gasteiger partial charge in [-0.2, -0.15) is 0 Å². The Morgan fingerprint density at radius 2 is 0.703 bits per heavy atom. The van der Waals surface area contributed by atoms with Crippen molar-refractivity contribution in [3.63, 3.8) is 0 Å². The van der Waals surface area contributed by atoms with E-state index in [2.05, 4.69) is 276 Å². The van der Waals surface area contributed by atoms with Crippen LogP contribution in [0.4, 0.5) is 0 Å². The Hall–Kier alpha value is -9.11. The summed E-state index contributed by atoms with van der Waals surface area (Å²) < 4.78 is 32.2. The van der Waals surface area contributed by atoms with Crippen molar-refractivity contribution in [2.75, 3.05) is 0 Å². The molecule has 0 amide bonds. The van der Waals surface area contributed by atoms with Crippen molar-refractivity contribution in [2.24, 2.45) is 0 Å². The van der Waals surface area contributed by atoms with Crippen molar-refractivity contribution >= 4 is 0 Å². The van der Waals surface area contributed by atoms with E-state index in [-0.39, 0.29) is 0 Å². The summed E-state index contributed by atoms with van der Waals surface area (Å²) in [5.74, 6) is 12.6. The van der Waals surface area contributed by atoms with E-state index < -0.39 is 0 Å². The van der Waals surface area contributed by atoms with Gasteiger partial charge in [0.1, 0.15) is 67.4 Å². The Labute approximate surface area is 702 Å². The lowest BCUT2D eigenvalue weighted by atomic mass is 10.0. The van der Waals surface area contributed by atoms with E-state index in [4.69, 9.17) is 13.6 Å². The normalized spacial score (nSPS) is 16.6. The zero-order chi connectivity index (χ0) is 85.0. The van der Waals surface area contributed by atoms with Crippen molar-refractivity contribution in [3.8, 4) is 0 Å². The lowest BCUT2D eigenvalue weighted by Gasteiger charge is -2.11. The van der Waals surface area contributed by atoms with Gasteiger partial charge in [-0.05, 0) is 220 Å². The van der Waals surface area contributed by atoms with Crippen molar-refractivity contribution in [2.45, 2.75) is 407 Å². The predicted octanol–water partition coefficient (Wildman–Crippen LogP) is 22.5. The fourth-order valence-corrected chi connectivity index (χ4v) is 13.8. The van der Waals surface area contributed by atoms with E-state index in [9.17, 15) is 0 Å². The average Bonchev–Trinajstić information content (AvgIpc) is 1.71. The molecule has 11 heterocycles. The highest BCUT2D eigenvalue weighted by atomic mass is 16.5. The van der Waals surface area contributed by atoms with Crippen LogP contribution in [0, 0.1) is 0 Å². The summed E-state index contributed by atoms with van der Waals surface area (Å²) in [5.41, 5.74) is 11.8. The van der Waals surface area contributed by atoms with E-state index in [0.717, 1.165) is 76.2 Å². The third kappa shape index (κ3) is 27.5. The van der Waals surface area contributed by atoms with E-state index >= 15 is 0 Å². The van der Waals surface area contributed by atoms with Gasteiger partial charge in [0.2, 0.25) is 0 Å². The molecule has 11 aromatic heterocycles. The molecular weight excluding hydrogens is 1480 g/mol. The Balaban J connectivity index is 0.000000137. The van der Waals surface area contributed by atoms with Gasteiger partial charge in [-0.15, -0.1) is 51.0 Å². The fraction of sp³-hybridized carbons (Fsp3) is 0.700. The monoisotopic (exact) mass is 1620 g/mol. The molecule has 9 fully saturated rings. The topological polar surface area (TPSA) is 298 Å². The number of hydrogen-bond donors (Lipinski definition) is 0. The molecule has 0 unspecified atom stereocenters. The second-order valence-electron chi connectivity index (χ2n) is 37.2. The molecule has 0 aromatic carbocycles. The van der Waals surface area contributed by atoms with Gasteiger partial charge < -0.3 is 41.0 Å². The van der Waals surface area contributed by atoms with Gasteiger partial charge in [0.15, 0.2) is 0 Å². The third-order valence-electron chi connectivity index (χ3n) is 22.0. The molecule has 0 radical (unpaired) electrons. The van der Waals surface area contributed by atoms with Crippen molar-refractivity contribution in [3.05, 3.63) is 162 Å². The molecule has 0 atom stereocenters. The average molecular weight is 1620 g/mol. The van der Waals surface area contributed by atoms with Gasteiger partial charge in [-0.1, -0.05) is 123 Å². The van der Waals surface area contributed by atoms with Gasteiger partial charge in [0, 0.05) is 130 Å². The van der Waals surface area contributed by atoms with E-state index in [0.29, 0.717) is 83.7 Å². The number of nitrogens with zero attached hydrogens (tertiary/aromatic N) is 25. The number of rotatable bonds is 21. The zero-order valence-electron chi connectivity index (χ0n) is 75.8. The standard InChI is InChI=1S/2C9H14N2.3C9H13NO.4C8H13N3.C8H15N3.C5H9N3/c1-7(2)11-6-10-5-9(11)8-3-4-8;1-7(2)9-5-10-6-11(9)8-3-4-8;2*1-6(2)9-8(5-11-10-9)7-3-4-7;1-6(2)9-8(5-10-11-9)7-3-4-7;2*1-6(2)8-10-9-5-11(8)7-3-4-7;2*1-6(2)11-8(5-9-10-11)7-3-4-7;1-6(2)8-10-9-5-11(8)7(3)4;1-5(2)8-3-6-7-4-8/h2*5-8H,3-4H2,1-2H3;7*5-7H,3-4H2,1-2H3;5-7H,1-4H3;3-5H,1-2H3. The van der Waals surface area contributed by atoms with Crippen LogP contribution >= 0.6 is 0 Å². The molecule has 0 N–H and O–H groups in total. The summed E-state index contributed by atoms with van der Waals surface area (Å²) in [6, 6.07) is 4.60. The SMILES string of the molecule is CC(C)c1cncn1C1CC1.CC(C)c1nncn1C(C)C.CC(C)c1nncn1C1CC1.CC(C)c1nncn1C1CC1.CC(C)c1nocc1C1CC1.CC(C)c1nocc1C1CC1.CC(C)c1oncc1C1CC1.CC(C)n1cncc1C1CC1.CC(C)n1cnnc1.CC(C)n1nncc1C1CC1.CC(C)n1nncc1C1CC1. The molecule has 20 rings (SSSR count). The lowest BCUT2D eigenvalue weighted by molar-refractivity contribution is 0.369. The highest BCUT2D eigenvalue weighted by Crippen LogP contribution is 2.47. The van der Waals surface area contributed by atoms with Crippen LogP contribution in [0.1, 0.15) is 481 Å². The van der Waals surface area contributed by atoms with Gasteiger partial charge in [0.25, 0.3) is 0 Å². The zero-order valence-corrected chi connectivity index (χ0v) is 75.8. The van der Waals surface area contributed by atoms with Crippen LogP contribution in [-0.2, 0) is 0 Å². The van der Waals surface area contributed by atoms with Gasteiger partial charge >= 0.3 is 0 Å². The summed E-state index contributed by atoms with van der Waals surface area (Å²) in [6.45, 7) is 51.6.